The molecule has 3 rings (SSSR count). The number of hydrogen-bond donors (Lipinski definition) is 1. The van der Waals surface area contributed by atoms with Gasteiger partial charge in [-0.1, -0.05) is 60.7 Å². The van der Waals surface area contributed by atoms with E-state index in [0.717, 1.165) is 16.7 Å². The van der Waals surface area contributed by atoms with E-state index in [1.54, 1.807) is 25.3 Å². The topological polar surface area (TPSA) is 47.6 Å². The number of amides is 1. The van der Waals surface area contributed by atoms with Gasteiger partial charge in [-0.25, -0.2) is 0 Å². The molecule has 0 aliphatic carbocycles. The molecule has 0 saturated heterocycles. The fourth-order valence-electron chi connectivity index (χ4n) is 2.74. The van der Waals surface area contributed by atoms with Crippen molar-refractivity contribution in [2.75, 3.05) is 7.11 Å². The molecule has 0 unspecified atom stereocenters. The molecule has 0 spiro atoms. The quantitative estimate of drug-likeness (QED) is 0.649. The van der Waals surface area contributed by atoms with Gasteiger partial charge in [-0.3, -0.25) is 4.79 Å². The number of hydrogen-bond acceptors (Lipinski definition) is 3. The van der Waals surface area contributed by atoms with Crippen LogP contribution >= 0.6 is 0 Å². The normalized spacial score (nSPS) is 10.4. The molecule has 0 aliphatic rings. The lowest BCUT2D eigenvalue weighted by Crippen LogP contribution is -2.22. The van der Waals surface area contributed by atoms with Gasteiger partial charge in [0, 0.05) is 12.1 Å². The van der Waals surface area contributed by atoms with Gasteiger partial charge in [0.05, 0.1) is 20.3 Å². The molecule has 27 heavy (non-hydrogen) atoms. The molecule has 0 atom stereocenters. The van der Waals surface area contributed by atoms with Gasteiger partial charge in [0.25, 0.3) is 5.91 Å². The second kappa shape index (κ2) is 9.55. The maximum atomic E-state index is 12.3. The zero-order valence-corrected chi connectivity index (χ0v) is 15.4. The minimum Gasteiger partial charge on any atom is -0.497 e. The Morgan fingerprint density at radius 2 is 1.52 bits per heavy atom. The Morgan fingerprint density at radius 3 is 2.33 bits per heavy atom. The molecule has 0 radical (unpaired) electrons. The summed E-state index contributed by atoms with van der Waals surface area (Å²) in [4.78, 5) is 12.3. The third kappa shape index (κ3) is 5.69. The standard InChI is InChI=1S/C23H23NO3/c1-26-22-12-6-11-21(14-22)23(25)24-15-19-9-5-10-20(13-19)17-27-16-18-7-3-2-4-8-18/h2-14H,15-17H2,1H3,(H,24,25). The Morgan fingerprint density at radius 1 is 0.815 bits per heavy atom. The lowest BCUT2D eigenvalue weighted by atomic mass is 10.1. The van der Waals surface area contributed by atoms with Crippen LogP contribution in [0, 0.1) is 0 Å². The van der Waals surface area contributed by atoms with Crippen molar-refractivity contribution < 1.29 is 14.3 Å². The van der Waals surface area contributed by atoms with Crippen LogP contribution in [0.1, 0.15) is 27.0 Å². The van der Waals surface area contributed by atoms with E-state index in [0.29, 0.717) is 31.1 Å². The fourth-order valence-corrected chi connectivity index (χ4v) is 2.74. The van der Waals surface area contributed by atoms with Crippen LogP contribution in [-0.2, 0) is 24.5 Å². The summed E-state index contributed by atoms with van der Waals surface area (Å²) in [6.45, 7) is 1.58. The first-order valence-corrected chi connectivity index (χ1v) is 8.86. The van der Waals surface area contributed by atoms with Crippen LogP contribution in [0.4, 0.5) is 0 Å². The van der Waals surface area contributed by atoms with Crippen LogP contribution in [0.25, 0.3) is 0 Å². The molecule has 0 saturated carbocycles. The highest BCUT2D eigenvalue weighted by Crippen LogP contribution is 2.13. The van der Waals surface area contributed by atoms with Crippen LogP contribution in [0.3, 0.4) is 0 Å². The number of benzene rings is 3. The van der Waals surface area contributed by atoms with Gasteiger partial charge in [-0.2, -0.15) is 0 Å². The largest absolute Gasteiger partial charge is 0.497 e. The number of carbonyl (C=O) groups is 1. The van der Waals surface area contributed by atoms with Gasteiger partial charge in [-0.15, -0.1) is 0 Å². The van der Waals surface area contributed by atoms with E-state index in [2.05, 4.69) is 11.4 Å². The monoisotopic (exact) mass is 361 g/mol. The van der Waals surface area contributed by atoms with Crippen molar-refractivity contribution in [1.82, 2.24) is 5.32 Å². The average molecular weight is 361 g/mol. The molecule has 3 aromatic rings. The molecule has 0 heterocycles. The average Bonchev–Trinajstić information content (AvgIpc) is 2.73. The number of ether oxygens (including phenoxy) is 2. The van der Waals surface area contributed by atoms with Crippen LogP contribution in [0.2, 0.25) is 0 Å². The van der Waals surface area contributed by atoms with Crippen molar-refractivity contribution in [3.63, 3.8) is 0 Å². The minimum absolute atomic E-state index is 0.125. The number of nitrogens with one attached hydrogen (secondary N) is 1. The highest BCUT2D eigenvalue weighted by Gasteiger charge is 2.06. The molecule has 0 bridgehead atoms. The first-order valence-electron chi connectivity index (χ1n) is 8.86. The zero-order valence-electron chi connectivity index (χ0n) is 15.4. The van der Waals surface area contributed by atoms with Crippen molar-refractivity contribution in [1.29, 1.82) is 0 Å². The number of carbonyl (C=O) groups excluding carboxylic acids is 1. The van der Waals surface area contributed by atoms with E-state index in [1.165, 1.54) is 0 Å². The molecule has 4 heteroatoms. The van der Waals surface area contributed by atoms with Crippen molar-refractivity contribution in [2.24, 2.45) is 0 Å². The highest BCUT2D eigenvalue weighted by molar-refractivity contribution is 5.94. The van der Waals surface area contributed by atoms with Gasteiger partial charge in [0.15, 0.2) is 0 Å². The van der Waals surface area contributed by atoms with Gasteiger partial charge in [0.2, 0.25) is 0 Å². The summed E-state index contributed by atoms with van der Waals surface area (Å²) >= 11 is 0. The summed E-state index contributed by atoms with van der Waals surface area (Å²) in [5.41, 5.74) is 3.85. The Hall–Kier alpha value is -3.11. The molecule has 4 nitrogen and oxygen atoms in total. The highest BCUT2D eigenvalue weighted by atomic mass is 16.5. The predicted octanol–water partition coefficient (Wildman–Crippen LogP) is 4.34. The van der Waals surface area contributed by atoms with E-state index in [4.69, 9.17) is 9.47 Å². The number of rotatable bonds is 8. The van der Waals surface area contributed by atoms with Gasteiger partial charge >= 0.3 is 0 Å². The van der Waals surface area contributed by atoms with E-state index in [-0.39, 0.29) is 5.91 Å². The minimum atomic E-state index is -0.125. The SMILES string of the molecule is COc1cccc(C(=O)NCc2cccc(COCc3ccccc3)c2)c1. The fraction of sp³-hybridized carbons (Fsp3) is 0.174. The van der Waals surface area contributed by atoms with Crippen LogP contribution in [0.5, 0.6) is 5.75 Å². The Bertz CT molecular complexity index is 878. The van der Waals surface area contributed by atoms with E-state index in [9.17, 15) is 4.79 Å². The van der Waals surface area contributed by atoms with Gasteiger partial charge in [0.1, 0.15) is 5.75 Å². The van der Waals surface area contributed by atoms with Crippen molar-refractivity contribution >= 4 is 5.91 Å². The Balaban J connectivity index is 1.51. The van der Waals surface area contributed by atoms with Crippen molar-refractivity contribution in [3.05, 3.63) is 101 Å². The molecule has 138 valence electrons. The van der Waals surface area contributed by atoms with Gasteiger partial charge in [-0.05, 0) is 34.9 Å². The zero-order chi connectivity index (χ0) is 18.9. The molecule has 3 aromatic carbocycles. The summed E-state index contributed by atoms with van der Waals surface area (Å²) in [5.74, 6) is 0.542. The lowest BCUT2D eigenvalue weighted by Gasteiger charge is -2.09. The predicted molar refractivity (Wildman–Crippen MR) is 106 cm³/mol. The molecule has 0 aliphatic heterocycles. The van der Waals surface area contributed by atoms with Crippen molar-refractivity contribution in [2.45, 2.75) is 19.8 Å². The summed E-state index contributed by atoms with van der Waals surface area (Å²) < 4.78 is 10.9. The summed E-state index contributed by atoms with van der Waals surface area (Å²) in [7, 11) is 1.59. The van der Waals surface area contributed by atoms with E-state index < -0.39 is 0 Å². The maximum Gasteiger partial charge on any atom is 0.251 e. The summed E-state index contributed by atoms with van der Waals surface area (Å²) in [6, 6.07) is 25.3. The lowest BCUT2D eigenvalue weighted by molar-refractivity contribution is 0.0950. The third-order valence-electron chi connectivity index (χ3n) is 4.16. The Kier molecular flexibility index (Phi) is 6.61. The first-order chi connectivity index (χ1) is 13.2. The molecular weight excluding hydrogens is 338 g/mol. The van der Waals surface area contributed by atoms with Crippen LogP contribution < -0.4 is 10.1 Å². The summed E-state index contributed by atoms with van der Waals surface area (Å²) in [5, 5.41) is 2.94. The number of methoxy groups -OCH3 is 1. The first kappa shape index (κ1) is 18.7. The van der Waals surface area contributed by atoms with Crippen LogP contribution in [-0.4, -0.2) is 13.0 Å². The molecule has 1 amide bonds. The molecule has 0 fully saturated rings. The second-order valence-corrected chi connectivity index (χ2v) is 6.21. The van der Waals surface area contributed by atoms with Crippen LogP contribution in [0.15, 0.2) is 78.9 Å². The molecule has 1 N–H and O–H groups in total. The van der Waals surface area contributed by atoms with E-state index >= 15 is 0 Å². The second-order valence-electron chi connectivity index (χ2n) is 6.21. The van der Waals surface area contributed by atoms with Crippen molar-refractivity contribution in [3.8, 4) is 5.75 Å². The smallest absolute Gasteiger partial charge is 0.251 e. The molecular formula is C23H23NO3. The maximum absolute atomic E-state index is 12.3. The van der Waals surface area contributed by atoms with Gasteiger partial charge < -0.3 is 14.8 Å². The van der Waals surface area contributed by atoms with E-state index in [1.807, 2.05) is 54.6 Å². The summed E-state index contributed by atoms with van der Waals surface area (Å²) in [6.07, 6.45) is 0. The molecule has 0 aromatic heterocycles. The third-order valence-corrected chi connectivity index (χ3v) is 4.16. The Labute approximate surface area is 159 Å².